The summed E-state index contributed by atoms with van der Waals surface area (Å²) in [6.45, 7) is 1.65. The lowest BCUT2D eigenvalue weighted by Crippen LogP contribution is -2.32. The van der Waals surface area contributed by atoms with Crippen molar-refractivity contribution in [3.8, 4) is 0 Å². The van der Waals surface area contributed by atoms with Crippen LogP contribution in [0.3, 0.4) is 0 Å². The molecule has 1 aromatic rings. The molecular formula is C13H20FN3O. The first-order chi connectivity index (χ1) is 8.59. The molecule has 1 rings (SSSR count). The summed E-state index contributed by atoms with van der Waals surface area (Å²) < 4.78 is 13.2. The van der Waals surface area contributed by atoms with Crippen LogP contribution >= 0.6 is 0 Å². The summed E-state index contributed by atoms with van der Waals surface area (Å²) in [5.41, 5.74) is 0.348. The van der Waals surface area contributed by atoms with Crippen LogP contribution in [0.2, 0.25) is 0 Å². The number of carbonyl (C=O) groups excluding carboxylic acids is 1. The van der Waals surface area contributed by atoms with E-state index in [1.807, 2.05) is 14.1 Å². The molecule has 1 aromatic carbocycles. The van der Waals surface area contributed by atoms with E-state index in [1.54, 1.807) is 18.2 Å². The molecule has 0 spiro atoms. The van der Waals surface area contributed by atoms with Crippen molar-refractivity contribution in [3.05, 3.63) is 30.1 Å². The molecule has 0 aliphatic rings. The van der Waals surface area contributed by atoms with Gasteiger partial charge in [0.15, 0.2) is 0 Å². The average Bonchev–Trinajstić information content (AvgIpc) is 2.33. The van der Waals surface area contributed by atoms with E-state index in [4.69, 9.17) is 0 Å². The minimum Gasteiger partial charge on any atom is -0.374 e. The van der Waals surface area contributed by atoms with Gasteiger partial charge in [-0.05, 0) is 39.2 Å². The monoisotopic (exact) mass is 253 g/mol. The van der Waals surface area contributed by atoms with E-state index in [-0.39, 0.29) is 18.3 Å². The maximum atomic E-state index is 13.2. The number of para-hydroxylation sites is 1. The quantitative estimate of drug-likeness (QED) is 0.720. The topological polar surface area (TPSA) is 44.4 Å². The first-order valence-electron chi connectivity index (χ1n) is 5.99. The van der Waals surface area contributed by atoms with E-state index in [0.717, 1.165) is 13.0 Å². The van der Waals surface area contributed by atoms with Crippen LogP contribution < -0.4 is 10.6 Å². The molecule has 4 nitrogen and oxygen atoms in total. The van der Waals surface area contributed by atoms with E-state index in [2.05, 4.69) is 15.5 Å². The van der Waals surface area contributed by atoms with Gasteiger partial charge >= 0.3 is 0 Å². The molecule has 100 valence electrons. The number of amides is 1. The molecule has 0 aromatic heterocycles. The van der Waals surface area contributed by atoms with E-state index in [1.165, 1.54) is 6.07 Å². The highest BCUT2D eigenvalue weighted by Crippen LogP contribution is 2.11. The van der Waals surface area contributed by atoms with Crippen molar-refractivity contribution in [1.29, 1.82) is 0 Å². The summed E-state index contributed by atoms with van der Waals surface area (Å²) in [6.07, 6.45) is 0.901. The van der Waals surface area contributed by atoms with E-state index < -0.39 is 0 Å². The minimum atomic E-state index is -0.349. The highest BCUT2D eigenvalue weighted by Gasteiger charge is 2.03. The zero-order chi connectivity index (χ0) is 13.4. The minimum absolute atomic E-state index is 0.0862. The van der Waals surface area contributed by atoms with Crippen LogP contribution in [0.15, 0.2) is 24.3 Å². The molecule has 0 saturated carbocycles. The van der Waals surface area contributed by atoms with Crippen molar-refractivity contribution in [2.24, 2.45) is 0 Å². The Kier molecular flexibility index (Phi) is 6.14. The van der Waals surface area contributed by atoms with Crippen molar-refractivity contribution in [1.82, 2.24) is 10.2 Å². The summed E-state index contributed by atoms with van der Waals surface area (Å²) in [4.78, 5) is 13.5. The average molecular weight is 253 g/mol. The van der Waals surface area contributed by atoms with Crippen molar-refractivity contribution >= 4 is 11.6 Å². The lowest BCUT2D eigenvalue weighted by Gasteiger charge is -2.10. The number of nitrogens with one attached hydrogen (secondary N) is 2. The molecular weight excluding hydrogens is 233 g/mol. The van der Waals surface area contributed by atoms with Gasteiger partial charge in [-0.25, -0.2) is 4.39 Å². The summed E-state index contributed by atoms with van der Waals surface area (Å²) in [5.74, 6) is -0.477. The number of halogens is 1. The Labute approximate surface area is 107 Å². The molecule has 0 aliphatic carbocycles. The fraction of sp³-hybridized carbons (Fsp3) is 0.462. The molecule has 0 fully saturated rings. The second-order valence-electron chi connectivity index (χ2n) is 4.34. The Morgan fingerprint density at radius 1 is 1.33 bits per heavy atom. The van der Waals surface area contributed by atoms with Gasteiger partial charge in [0.25, 0.3) is 0 Å². The smallest absolute Gasteiger partial charge is 0.239 e. The van der Waals surface area contributed by atoms with Gasteiger partial charge in [-0.2, -0.15) is 0 Å². The highest BCUT2D eigenvalue weighted by atomic mass is 19.1. The van der Waals surface area contributed by atoms with E-state index in [0.29, 0.717) is 12.2 Å². The predicted octanol–water partition coefficient (Wildman–Crippen LogP) is 1.31. The van der Waals surface area contributed by atoms with Gasteiger partial charge in [0.2, 0.25) is 5.91 Å². The Bertz CT molecular complexity index is 382. The molecule has 5 heteroatoms. The number of hydrogen-bond donors (Lipinski definition) is 2. The first kappa shape index (κ1) is 14.4. The van der Waals surface area contributed by atoms with Gasteiger partial charge in [0, 0.05) is 6.54 Å². The lowest BCUT2D eigenvalue weighted by molar-refractivity contribution is -0.119. The molecule has 1 amide bonds. The Hall–Kier alpha value is -1.62. The predicted molar refractivity (Wildman–Crippen MR) is 71.1 cm³/mol. The molecule has 0 bridgehead atoms. The zero-order valence-corrected chi connectivity index (χ0v) is 10.9. The summed E-state index contributed by atoms with van der Waals surface area (Å²) in [7, 11) is 3.98. The number of hydrogen-bond acceptors (Lipinski definition) is 3. The van der Waals surface area contributed by atoms with Gasteiger partial charge < -0.3 is 15.5 Å². The summed E-state index contributed by atoms with van der Waals surface area (Å²) in [6, 6.07) is 6.30. The number of anilines is 1. The number of benzene rings is 1. The number of nitrogens with zero attached hydrogens (tertiary/aromatic N) is 1. The van der Waals surface area contributed by atoms with Crippen LogP contribution in [-0.2, 0) is 4.79 Å². The van der Waals surface area contributed by atoms with Crippen LogP contribution in [0.5, 0.6) is 0 Å². The molecule has 0 aliphatic heterocycles. The molecule has 0 saturated heterocycles. The van der Waals surface area contributed by atoms with Gasteiger partial charge in [-0.15, -0.1) is 0 Å². The van der Waals surface area contributed by atoms with Crippen molar-refractivity contribution in [3.63, 3.8) is 0 Å². The molecule has 18 heavy (non-hydrogen) atoms. The molecule has 0 unspecified atom stereocenters. The normalized spacial score (nSPS) is 10.4. The fourth-order valence-electron chi connectivity index (χ4n) is 1.47. The standard InChI is InChI=1S/C13H20FN3O/c1-17(2)9-5-8-15-13(18)10-16-12-7-4-3-6-11(12)14/h3-4,6-7,16H,5,8-10H2,1-2H3,(H,15,18). The van der Waals surface area contributed by atoms with E-state index >= 15 is 0 Å². The first-order valence-corrected chi connectivity index (χ1v) is 5.99. The van der Waals surface area contributed by atoms with Crippen LogP contribution in [0.4, 0.5) is 10.1 Å². The van der Waals surface area contributed by atoms with Crippen LogP contribution in [0, 0.1) is 5.82 Å². The molecule has 0 heterocycles. The SMILES string of the molecule is CN(C)CCCNC(=O)CNc1ccccc1F. The largest absolute Gasteiger partial charge is 0.374 e. The maximum Gasteiger partial charge on any atom is 0.239 e. The highest BCUT2D eigenvalue weighted by molar-refractivity contribution is 5.80. The van der Waals surface area contributed by atoms with E-state index in [9.17, 15) is 9.18 Å². The summed E-state index contributed by atoms with van der Waals surface area (Å²) in [5, 5.41) is 5.54. The fourth-order valence-corrected chi connectivity index (χ4v) is 1.47. The van der Waals surface area contributed by atoms with Gasteiger partial charge in [0.1, 0.15) is 5.82 Å². The zero-order valence-electron chi connectivity index (χ0n) is 10.9. The second kappa shape index (κ2) is 7.66. The van der Waals surface area contributed by atoms with Crippen molar-refractivity contribution < 1.29 is 9.18 Å². The molecule has 2 N–H and O–H groups in total. The van der Waals surface area contributed by atoms with Crippen molar-refractivity contribution in [2.75, 3.05) is 39.0 Å². The molecule has 0 atom stereocenters. The second-order valence-corrected chi connectivity index (χ2v) is 4.34. The third kappa shape index (κ3) is 5.63. The van der Waals surface area contributed by atoms with Crippen LogP contribution in [0.25, 0.3) is 0 Å². The Balaban J connectivity index is 2.19. The van der Waals surface area contributed by atoms with Gasteiger partial charge in [-0.3, -0.25) is 4.79 Å². The van der Waals surface area contributed by atoms with Gasteiger partial charge in [-0.1, -0.05) is 12.1 Å². The number of rotatable bonds is 7. The third-order valence-corrected chi connectivity index (χ3v) is 2.42. The van der Waals surface area contributed by atoms with Gasteiger partial charge in [0.05, 0.1) is 12.2 Å². The van der Waals surface area contributed by atoms with Crippen LogP contribution in [-0.4, -0.2) is 44.5 Å². The summed E-state index contributed by atoms with van der Waals surface area (Å²) >= 11 is 0. The third-order valence-electron chi connectivity index (χ3n) is 2.42. The van der Waals surface area contributed by atoms with Crippen molar-refractivity contribution in [2.45, 2.75) is 6.42 Å². The lowest BCUT2D eigenvalue weighted by atomic mass is 10.3. The molecule has 0 radical (unpaired) electrons. The maximum absolute atomic E-state index is 13.2. The van der Waals surface area contributed by atoms with Crippen LogP contribution in [0.1, 0.15) is 6.42 Å². The number of carbonyl (C=O) groups is 1. The Morgan fingerprint density at radius 3 is 2.72 bits per heavy atom. The Morgan fingerprint density at radius 2 is 2.06 bits per heavy atom.